The van der Waals surface area contributed by atoms with E-state index in [1.807, 2.05) is 18.2 Å². The highest BCUT2D eigenvalue weighted by molar-refractivity contribution is 9.10. The predicted octanol–water partition coefficient (Wildman–Crippen LogP) is 7.97. The van der Waals surface area contributed by atoms with Crippen LogP contribution in [0.4, 0.5) is 5.69 Å². The van der Waals surface area contributed by atoms with Gasteiger partial charge >= 0.3 is 0 Å². The van der Waals surface area contributed by atoms with Crippen molar-refractivity contribution >= 4 is 68.0 Å². The summed E-state index contributed by atoms with van der Waals surface area (Å²) < 4.78 is 12.2. The van der Waals surface area contributed by atoms with Crippen LogP contribution in [0.3, 0.4) is 0 Å². The smallest absolute Gasteiger partial charge is 0.162 e. The van der Waals surface area contributed by atoms with Gasteiger partial charge in [0.1, 0.15) is 6.61 Å². The second-order valence-electron chi connectivity index (χ2n) is 6.27. The Morgan fingerprint density at radius 1 is 0.900 bits per heavy atom. The fourth-order valence-electron chi connectivity index (χ4n) is 2.64. The van der Waals surface area contributed by atoms with Crippen LogP contribution in [-0.4, -0.2) is 12.2 Å². The second kappa shape index (κ2) is 10.2. The van der Waals surface area contributed by atoms with Gasteiger partial charge < -0.3 is 19.9 Å². The Balaban J connectivity index is 1.74. The maximum atomic E-state index is 9.68. The summed E-state index contributed by atoms with van der Waals surface area (Å²) in [6.07, 6.45) is 0. The van der Waals surface area contributed by atoms with Crippen LogP contribution < -0.4 is 14.8 Å². The van der Waals surface area contributed by atoms with Crippen molar-refractivity contribution in [1.82, 2.24) is 0 Å². The number of hydrogen-bond acceptors (Lipinski definition) is 4. The van der Waals surface area contributed by atoms with Gasteiger partial charge in [-0.1, -0.05) is 68.4 Å². The molecule has 9 heteroatoms. The van der Waals surface area contributed by atoms with E-state index in [4.69, 9.17) is 55.9 Å². The minimum Gasteiger partial charge on any atom is -0.505 e. The molecule has 3 aromatic carbocycles. The van der Waals surface area contributed by atoms with Gasteiger partial charge in [-0.15, -0.1) is 0 Å². The third-order valence-electron chi connectivity index (χ3n) is 4.21. The minimum absolute atomic E-state index is 0.143. The molecule has 0 radical (unpaired) electrons. The van der Waals surface area contributed by atoms with Gasteiger partial charge in [-0.05, 0) is 47.5 Å². The van der Waals surface area contributed by atoms with Gasteiger partial charge in [0, 0.05) is 16.7 Å². The van der Waals surface area contributed by atoms with Crippen LogP contribution in [0, 0.1) is 0 Å². The van der Waals surface area contributed by atoms with Crippen molar-refractivity contribution in [1.29, 1.82) is 0 Å². The van der Waals surface area contributed by atoms with Gasteiger partial charge in [-0.2, -0.15) is 0 Å². The number of aromatic hydroxyl groups is 1. The number of phenols is 1. The SMILES string of the molecule is COc1cc(CNc2cc(Cl)c(O)c(Cl)c2)c(Br)cc1OCc1ccc(Cl)c(Cl)c1. The van der Waals surface area contributed by atoms with E-state index in [1.54, 1.807) is 31.4 Å². The Kier molecular flexibility index (Phi) is 7.88. The molecule has 0 unspecified atom stereocenters. The molecule has 0 aromatic heterocycles. The molecule has 3 aromatic rings. The molecule has 158 valence electrons. The quantitative estimate of drug-likeness (QED) is 0.292. The molecule has 0 atom stereocenters. The molecule has 0 fully saturated rings. The first-order valence-electron chi connectivity index (χ1n) is 8.63. The highest BCUT2D eigenvalue weighted by Gasteiger charge is 2.12. The van der Waals surface area contributed by atoms with Crippen molar-refractivity contribution in [2.24, 2.45) is 0 Å². The van der Waals surface area contributed by atoms with Crippen LogP contribution >= 0.6 is 62.3 Å². The number of ether oxygens (including phenoxy) is 2. The fourth-order valence-corrected chi connectivity index (χ4v) is 3.91. The van der Waals surface area contributed by atoms with E-state index in [2.05, 4.69) is 21.2 Å². The standard InChI is InChI=1S/C21H16BrCl4NO3/c1-29-19-5-12(9-27-13-6-17(25)21(28)18(26)7-13)14(22)8-20(19)30-10-11-2-3-15(23)16(24)4-11/h2-8,27-28H,9-10H2,1H3. The van der Waals surface area contributed by atoms with E-state index in [0.29, 0.717) is 40.4 Å². The maximum absolute atomic E-state index is 9.68. The van der Waals surface area contributed by atoms with Gasteiger partial charge in [0.05, 0.1) is 27.2 Å². The van der Waals surface area contributed by atoms with E-state index in [1.165, 1.54) is 0 Å². The summed E-state index contributed by atoms with van der Waals surface area (Å²) in [5.41, 5.74) is 2.48. The van der Waals surface area contributed by atoms with Crippen LogP contribution in [0.2, 0.25) is 20.1 Å². The number of halogens is 5. The van der Waals surface area contributed by atoms with Gasteiger partial charge in [0.15, 0.2) is 17.2 Å². The lowest BCUT2D eigenvalue weighted by molar-refractivity contribution is 0.284. The molecule has 0 aliphatic rings. The molecule has 3 rings (SSSR count). The summed E-state index contributed by atoms with van der Waals surface area (Å²) >= 11 is 27.5. The first-order valence-corrected chi connectivity index (χ1v) is 10.9. The molecule has 0 heterocycles. The number of rotatable bonds is 7. The van der Waals surface area contributed by atoms with Crippen molar-refractivity contribution < 1.29 is 14.6 Å². The summed E-state index contributed by atoms with van der Waals surface area (Å²) in [7, 11) is 1.58. The summed E-state index contributed by atoms with van der Waals surface area (Å²) in [4.78, 5) is 0. The summed E-state index contributed by atoms with van der Waals surface area (Å²) in [6.45, 7) is 0.767. The molecule has 0 saturated carbocycles. The monoisotopic (exact) mass is 549 g/mol. The van der Waals surface area contributed by atoms with Crippen LogP contribution in [-0.2, 0) is 13.2 Å². The van der Waals surface area contributed by atoms with Gasteiger partial charge in [0.2, 0.25) is 0 Å². The Morgan fingerprint density at radius 2 is 1.60 bits per heavy atom. The average molecular weight is 552 g/mol. The average Bonchev–Trinajstić information content (AvgIpc) is 2.71. The first-order chi connectivity index (χ1) is 14.3. The lowest BCUT2D eigenvalue weighted by atomic mass is 10.2. The van der Waals surface area contributed by atoms with Crippen LogP contribution in [0.1, 0.15) is 11.1 Å². The molecule has 0 aliphatic heterocycles. The molecule has 0 saturated heterocycles. The molecule has 2 N–H and O–H groups in total. The Morgan fingerprint density at radius 3 is 2.23 bits per heavy atom. The van der Waals surface area contributed by atoms with Crippen LogP contribution in [0.25, 0.3) is 0 Å². The summed E-state index contributed by atoms with van der Waals surface area (Å²) in [5, 5.41) is 14.2. The van der Waals surface area contributed by atoms with Crippen molar-refractivity contribution in [2.45, 2.75) is 13.2 Å². The van der Waals surface area contributed by atoms with Crippen molar-refractivity contribution in [3.8, 4) is 17.2 Å². The highest BCUT2D eigenvalue weighted by atomic mass is 79.9. The number of hydrogen-bond donors (Lipinski definition) is 2. The number of anilines is 1. The largest absolute Gasteiger partial charge is 0.505 e. The van der Waals surface area contributed by atoms with Gasteiger partial charge in [-0.3, -0.25) is 0 Å². The Hall–Kier alpha value is -1.50. The third-order valence-corrected chi connectivity index (χ3v) is 6.26. The Bertz CT molecular complexity index is 1060. The lowest BCUT2D eigenvalue weighted by Crippen LogP contribution is -2.03. The topological polar surface area (TPSA) is 50.7 Å². The maximum Gasteiger partial charge on any atom is 0.162 e. The number of methoxy groups -OCH3 is 1. The van der Waals surface area contributed by atoms with E-state index < -0.39 is 0 Å². The molecule has 0 amide bonds. The van der Waals surface area contributed by atoms with Crippen molar-refractivity contribution in [3.63, 3.8) is 0 Å². The fraction of sp³-hybridized carbons (Fsp3) is 0.143. The molecule has 0 aliphatic carbocycles. The summed E-state index contributed by atoms with van der Waals surface area (Å²) in [6, 6.07) is 12.2. The zero-order valence-electron chi connectivity index (χ0n) is 15.6. The van der Waals surface area contributed by atoms with E-state index in [9.17, 15) is 5.11 Å². The van der Waals surface area contributed by atoms with E-state index >= 15 is 0 Å². The Labute approximate surface area is 202 Å². The second-order valence-corrected chi connectivity index (χ2v) is 8.76. The molecular formula is C21H16BrCl4NO3. The summed E-state index contributed by atoms with van der Waals surface area (Å²) in [5.74, 6) is 1.02. The first kappa shape index (κ1) is 23.2. The number of nitrogens with one attached hydrogen (secondary N) is 1. The normalized spacial score (nSPS) is 10.7. The molecule has 4 nitrogen and oxygen atoms in total. The van der Waals surface area contributed by atoms with Crippen molar-refractivity contribution in [2.75, 3.05) is 12.4 Å². The zero-order valence-corrected chi connectivity index (χ0v) is 20.2. The van der Waals surface area contributed by atoms with Crippen LogP contribution in [0.15, 0.2) is 46.9 Å². The molecule has 0 spiro atoms. The number of phenolic OH excluding ortho intramolecular Hbond substituents is 1. The zero-order chi connectivity index (χ0) is 21.8. The van der Waals surface area contributed by atoms with Gasteiger partial charge in [0.25, 0.3) is 0 Å². The van der Waals surface area contributed by atoms with E-state index in [-0.39, 0.29) is 15.8 Å². The van der Waals surface area contributed by atoms with Crippen molar-refractivity contribution in [3.05, 3.63) is 78.2 Å². The molecular weight excluding hydrogens is 536 g/mol. The molecule has 0 bridgehead atoms. The predicted molar refractivity (Wildman–Crippen MR) is 127 cm³/mol. The highest BCUT2D eigenvalue weighted by Crippen LogP contribution is 2.37. The molecule has 30 heavy (non-hydrogen) atoms. The lowest BCUT2D eigenvalue weighted by Gasteiger charge is -2.15. The minimum atomic E-state index is -0.143. The van der Waals surface area contributed by atoms with E-state index in [0.717, 1.165) is 15.6 Å². The third kappa shape index (κ3) is 5.59. The van der Waals surface area contributed by atoms with Gasteiger partial charge in [-0.25, -0.2) is 0 Å². The van der Waals surface area contributed by atoms with Crippen LogP contribution in [0.5, 0.6) is 17.2 Å². The number of benzene rings is 3.